The Morgan fingerprint density at radius 3 is 2.59 bits per heavy atom. The lowest BCUT2D eigenvalue weighted by Crippen LogP contribution is -2.53. The SMILES string of the molecule is COc1ccc2[nH]c3c(c2c1F)C[C@@]1(C)C(=O)N(CCCN2CCCCCC2)C(=O)N1[C@@H]3c1cccc(O)c1. The highest BCUT2D eigenvalue weighted by Crippen LogP contribution is 2.49. The third-order valence-electron chi connectivity index (χ3n) is 8.69. The molecule has 3 aliphatic heterocycles. The number of amides is 3. The van der Waals surface area contributed by atoms with Crippen LogP contribution in [0.15, 0.2) is 36.4 Å². The van der Waals surface area contributed by atoms with Crippen molar-refractivity contribution in [3.05, 3.63) is 59.0 Å². The average molecular weight is 535 g/mol. The van der Waals surface area contributed by atoms with E-state index in [1.54, 1.807) is 42.2 Å². The normalized spacial score (nSPS) is 23.7. The average Bonchev–Trinajstić information content (AvgIpc) is 3.20. The summed E-state index contributed by atoms with van der Waals surface area (Å²) in [5.41, 5.74) is 1.32. The zero-order chi connectivity index (χ0) is 27.3. The molecule has 0 saturated carbocycles. The van der Waals surface area contributed by atoms with Gasteiger partial charge in [0.1, 0.15) is 17.3 Å². The molecule has 0 bridgehead atoms. The monoisotopic (exact) mass is 534 g/mol. The molecule has 2 saturated heterocycles. The molecule has 0 aliphatic carbocycles. The molecule has 2 fully saturated rings. The minimum absolute atomic E-state index is 0.0533. The van der Waals surface area contributed by atoms with E-state index in [0.29, 0.717) is 40.7 Å². The number of imide groups is 1. The van der Waals surface area contributed by atoms with E-state index in [-0.39, 0.29) is 29.9 Å². The lowest BCUT2D eigenvalue weighted by atomic mass is 9.81. The second-order valence-corrected chi connectivity index (χ2v) is 11.2. The first-order valence-corrected chi connectivity index (χ1v) is 13.9. The topological polar surface area (TPSA) is 89.1 Å². The van der Waals surface area contributed by atoms with Gasteiger partial charge in [0, 0.05) is 29.6 Å². The first kappa shape index (κ1) is 25.7. The number of likely N-dealkylation sites (tertiary alicyclic amines) is 1. The van der Waals surface area contributed by atoms with Gasteiger partial charge in [-0.1, -0.05) is 25.0 Å². The number of fused-ring (bicyclic) bond motifs is 4. The first-order chi connectivity index (χ1) is 18.8. The van der Waals surface area contributed by atoms with E-state index in [2.05, 4.69) is 9.88 Å². The summed E-state index contributed by atoms with van der Waals surface area (Å²) < 4.78 is 20.9. The van der Waals surface area contributed by atoms with E-state index >= 15 is 4.39 Å². The number of ether oxygens (including phenoxy) is 1. The maximum absolute atomic E-state index is 15.6. The minimum Gasteiger partial charge on any atom is -0.508 e. The fourth-order valence-corrected chi connectivity index (χ4v) is 6.76. The van der Waals surface area contributed by atoms with E-state index in [0.717, 1.165) is 19.6 Å². The van der Waals surface area contributed by atoms with Gasteiger partial charge in [0.15, 0.2) is 11.6 Å². The van der Waals surface area contributed by atoms with Gasteiger partial charge in [-0.25, -0.2) is 9.18 Å². The van der Waals surface area contributed by atoms with Gasteiger partial charge in [0.2, 0.25) is 0 Å². The Kier molecular flexibility index (Phi) is 6.49. The van der Waals surface area contributed by atoms with Crippen molar-refractivity contribution in [2.24, 2.45) is 0 Å². The highest BCUT2D eigenvalue weighted by atomic mass is 19.1. The number of benzene rings is 2. The van der Waals surface area contributed by atoms with Crippen molar-refractivity contribution in [2.75, 3.05) is 33.3 Å². The molecule has 3 amide bonds. The third-order valence-corrected chi connectivity index (χ3v) is 8.69. The van der Waals surface area contributed by atoms with Gasteiger partial charge in [-0.05, 0) is 81.2 Å². The molecule has 0 unspecified atom stereocenters. The Morgan fingerprint density at radius 1 is 1.10 bits per heavy atom. The number of hydrogen-bond donors (Lipinski definition) is 2. The van der Waals surface area contributed by atoms with Crippen LogP contribution in [0.4, 0.5) is 9.18 Å². The molecule has 8 nitrogen and oxygen atoms in total. The standard InChI is InChI=1S/C30H35FN4O4/c1-30-18-21-24-22(11-12-23(39-2)25(24)31)32-26(21)27(19-9-7-10-20(36)17-19)35(30)29(38)34(28(30)37)16-8-15-33-13-5-3-4-6-14-33/h7,9-12,17,27,32,36H,3-6,8,13-16,18H2,1-2H3/t27-,30+/m1/s1. The number of hydrogen-bond acceptors (Lipinski definition) is 5. The Balaban J connectivity index is 1.39. The van der Waals surface area contributed by atoms with Gasteiger partial charge in [-0.2, -0.15) is 0 Å². The molecule has 0 spiro atoms. The maximum atomic E-state index is 15.6. The van der Waals surface area contributed by atoms with Crippen LogP contribution < -0.4 is 4.74 Å². The van der Waals surface area contributed by atoms with Crippen molar-refractivity contribution in [3.63, 3.8) is 0 Å². The number of halogens is 1. The van der Waals surface area contributed by atoms with E-state index in [1.165, 1.54) is 37.7 Å². The lowest BCUT2D eigenvalue weighted by molar-refractivity contribution is -0.133. The highest BCUT2D eigenvalue weighted by Gasteiger charge is 2.60. The molecular formula is C30H35FN4O4. The second kappa shape index (κ2) is 9.86. The number of phenols is 1. The maximum Gasteiger partial charge on any atom is 0.328 e. The Morgan fingerprint density at radius 2 is 1.87 bits per heavy atom. The van der Waals surface area contributed by atoms with Gasteiger partial charge < -0.3 is 19.7 Å². The Labute approximate surface area is 227 Å². The van der Waals surface area contributed by atoms with E-state index in [9.17, 15) is 14.7 Å². The zero-order valence-corrected chi connectivity index (χ0v) is 22.5. The van der Waals surface area contributed by atoms with Gasteiger partial charge in [0.25, 0.3) is 5.91 Å². The van der Waals surface area contributed by atoms with Crippen LogP contribution in [0.3, 0.4) is 0 Å². The number of rotatable bonds is 6. The van der Waals surface area contributed by atoms with Crippen LogP contribution in [0.5, 0.6) is 11.5 Å². The zero-order valence-electron chi connectivity index (χ0n) is 22.5. The summed E-state index contributed by atoms with van der Waals surface area (Å²) in [5.74, 6) is -0.588. The smallest absolute Gasteiger partial charge is 0.328 e. The van der Waals surface area contributed by atoms with E-state index in [4.69, 9.17) is 4.74 Å². The Hall–Kier alpha value is -3.59. The molecule has 206 valence electrons. The lowest BCUT2D eigenvalue weighted by Gasteiger charge is -2.42. The van der Waals surface area contributed by atoms with Crippen LogP contribution in [0.2, 0.25) is 0 Å². The van der Waals surface area contributed by atoms with Crippen molar-refractivity contribution in [2.45, 2.75) is 57.0 Å². The van der Waals surface area contributed by atoms with Crippen molar-refractivity contribution in [3.8, 4) is 11.5 Å². The van der Waals surface area contributed by atoms with E-state index in [1.807, 2.05) is 6.07 Å². The molecule has 39 heavy (non-hydrogen) atoms. The molecule has 3 aromatic rings. The number of aromatic nitrogens is 1. The summed E-state index contributed by atoms with van der Waals surface area (Å²) in [6.45, 7) is 5.07. The summed E-state index contributed by atoms with van der Waals surface area (Å²) in [6.07, 6.45) is 5.76. The van der Waals surface area contributed by atoms with Crippen molar-refractivity contribution >= 4 is 22.8 Å². The number of H-pyrrole nitrogens is 1. The first-order valence-electron chi connectivity index (χ1n) is 13.9. The summed E-state index contributed by atoms with van der Waals surface area (Å²) >= 11 is 0. The molecule has 2 N–H and O–H groups in total. The quantitative estimate of drug-likeness (QED) is 0.437. The highest BCUT2D eigenvalue weighted by molar-refractivity contribution is 6.08. The molecule has 3 aliphatic rings. The Bertz CT molecular complexity index is 1430. The second-order valence-electron chi connectivity index (χ2n) is 11.2. The van der Waals surface area contributed by atoms with Gasteiger partial charge in [0.05, 0.1) is 7.11 Å². The predicted octanol–water partition coefficient (Wildman–Crippen LogP) is 4.96. The van der Waals surface area contributed by atoms with Crippen molar-refractivity contribution in [1.82, 2.24) is 19.7 Å². The van der Waals surface area contributed by atoms with Crippen LogP contribution in [0, 0.1) is 5.82 Å². The number of aromatic hydroxyl groups is 1. The number of phenolic OH excluding ortho intramolecular Hbond substituents is 1. The number of methoxy groups -OCH3 is 1. The number of carbonyl (C=O) groups is 2. The third kappa shape index (κ3) is 4.14. The molecular weight excluding hydrogens is 499 g/mol. The largest absolute Gasteiger partial charge is 0.508 e. The summed E-state index contributed by atoms with van der Waals surface area (Å²) in [6, 6.07) is 8.96. The van der Waals surface area contributed by atoms with Crippen LogP contribution in [0.25, 0.3) is 10.9 Å². The van der Waals surface area contributed by atoms with Crippen molar-refractivity contribution in [1.29, 1.82) is 0 Å². The van der Waals surface area contributed by atoms with Gasteiger partial charge in [-0.15, -0.1) is 0 Å². The number of carbonyl (C=O) groups excluding carboxylic acids is 2. The number of nitrogens with one attached hydrogen (secondary N) is 1. The summed E-state index contributed by atoms with van der Waals surface area (Å²) in [7, 11) is 1.42. The van der Waals surface area contributed by atoms with Crippen LogP contribution in [0.1, 0.15) is 61.9 Å². The van der Waals surface area contributed by atoms with E-state index < -0.39 is 17.4 Å². The summed E-state index contributed by atoms with van der Waals surface area (Å²) in [4.78, 5) is 36.8. The minimum atomic E-state index is -1.20. The molecule has 1 aromatic heterocycles. The number of nitrogens with zero attached hydrogens (tertiary/aromatic N) is 3. The summed E-state index contributed by atoms with van der Waals surface area (Å²) in [5, 5.41) is 10.7. The van der Waals surface area contributed by atoms with Crippen LogP contribution >= 0.6 is 0 Å². The molecule has 4 heterocycles. The fourth-order valence-electron chi connectivity index (χ4n) is 6.76. The van der Waals surface area contributed by atoms with Gasteiger partial charge in [-0.3, -0.25) is 14.6 Å². The van der Waals surface area contributed by atoms with Crippen LogP contribution in [-0.4, -0.2) is 75.6 Å². The number of aromatic amines is 1. The fraction of sp³-hybridized carbons (Fsp3) is 0.467. The number of urea groups is 1. The molecule has 2 aromatic carbocycles. The molecule has 2 atom stereocenters. The van der Waals surface area contributed by atoms with Gasteiger partial charge >= 0.3 is 6.03 Å². The van der Waals surface area contributed by atoms with Crippen LogP contribution in [-0.2, 0) is 11.2 Å². The molecule has 9 heteroatoms. The predicted molar refractivity (Wildman–Crippen MR) is 145 cm³/mol. The molecule has 6 rings (SSSR count). The van der Waals surface area contributed by atoms with Crippen molar-refractivity contribution < 1.29 is 23.8 Å². The molecule has 0 radical (unpaired) electrons.